The van der Waals surface area contributed by atoms with E-state index in [2.05, 4.69) is 25.8 Å². The number of piperidine rings is 1. The molecule has 1 amide bonds. The first-order chi connectivity index (χ1) is 11.0. The molecule has 23 heavy (non-hydrogen) atoms. The number of amides is 1. The van der Waals surface area contributed by atoms with Gasteiger partial charge in [-0.1, -0.05) is 0 Å². The second kappa shape index (κ2) is 6.65. The number of aromatic nitrogens is 1. The summed E-state index contributed by atoms with van der Waals surface area (Å²) in [4.78, 5) is 17.3. The lowest BCUT2D eigenvalue weighted by molar-refractivity contribution is -0.108. The number of carbonyl (C=O) groups is 1. The quantitative estimate of drug-likeness (QED) is 0.855. The fourth-order valence-electron chi connectivity index (χ4n) is 3.93. The largest absolute Gasteiger partial charge is 0.376 e. The van der Waals surface area contributed by atoms with Crippen LogP contribution in [0.2, 0.25) is 0 Å². The van der Waals surface area contributed by atoms with Crippen molar-refractivity contribution in [2.24, 2.45) is 13.0 Å². The van der Waals surface area contributed by atoms with Crippen molar-refractivity contribution in [2.75, 3.05) is 26.7 Å². The average molecular weight is 319 g/mol. The van der Waals surface area contributed by atoms with Gasteiger partial charge >= 0.3 is 0 Å². The number of carbonyl (C=O) groups excluding carboxylic acids is 1. The predicted octanol–water partition coefficient (Wildman–Crippen LogP) is 1.98. The molecule has 3 rings (SSSR count). The molecule has 2 fully saturated rings. The molecule has 3 atom stereocenters. The van der Waals surface area contributed by atoms with Crippen LogP contribution in [0.3, 0.4) is 0 Å². The van der Waals surface area contributed by atoms with Gasteiger partial charge in [0.1, 0.15) is 5.69 Å². The second-order valence-corrected chi connectivity index (χ2v) is 7.28. The lowest BCUT2D eigenvalue weighted by Gasteiger charge is -2.49. The number of hydrogen-bond acceptors (Lipinski definition) is 3. The molecule has 5 heteroatoms. The summed E-state index contributed by atoms with van der Waals surface area (Å²) < 4.78 is 8.03. The summed E-state index contributed by atoms with van der Waals surface area (Å²) in [7, 11) is 4.09. The lowest BCUT2D eigenvalue weighted by atomic mass is 9.84. The normalized spacial score (nSPS) is 28.3. The van der Waals surface area contributed by atoms with Crippen LogP contribution in [0.25, 0.3) is 0 Å². The molecule has 3 heterocycles. The van der Waals surface area contributed by atoms with Gasteiger partial charge in [0.25, 0.3) is 5.91 Å². The van der Waals surface area contributed by atoms with E-state index in [4.69, 9.17) is 4.74 Å². The Morgan fingerprint density at radius 3 is 2.83 bits per heavy atom. The molecule has 1 aromatic rings. The van der Waals surface area contributed by atoms with Gasteiger partial charge in [0.15, 0.2) is 0 Å². The van der Waals surface area contributed by atoms with Gasteiger partial charge in [-0.25, -0.2) is 0 Å². The maximum Gasteiger partial charge on any atom is 0.270 e. The third-order valence-electron chi connectivity index (χ3n) is 5.52. The van der Waals surface area contributed by atoms with Gasteiger partial charge in [0, 0.05) is 44.9 Å². The van der Waals surface area contributed by atoms with Gasteiger partial charge in [0.2, 0.25) is 0 Å². The molecule has 0 spiro atoms. The Hall–Kier alpha value is -1.33. The Bertz CT molecular complexity index is 554. The molecule has 128 valence electrons. The van der Waals surface area contributed by atoms with Crippen molar-refractivity contribution in [2.45, 2.75) is 44.9 Å². The van der Waals surface area contributed by atoms with Gasteiger partial charge in [-0.15, -0.1) is 0 Å². The van der Waals surface area contributed by atoms with Gasteiger partial charge < -0.3 is 14.2 Å². The molecule has 2 saturated heterocycles. The molecule has 2 aliphatic rings. The molecule has 2 aliphatic heterocycles. The smallest absolute Gasteiger partial charge is 0.270 e. The molecule has 0 N–H and O–H groups in total. The first-order valence-electron chi connectivity index (χ1n) is 8.73. The average Bonchev–Trinajstić information content (AvgIpc) is 2.98. The summed E-state index contributed by atoms with van der Waals surface area (Å²) in [5, 5.41) is 0. The molecule has 0 radical (unpaired) electrons. The van der Waals surface area contributed by atoms with Crippen molar-refractivity contribution in [3.8, 4) is 0 Å². The first-order valence-corrected chi connectivity index (χ1v) is 8.73. The number of fused-ring (bicyclic) bond motifs is 1. The van der Waals surface area contributed by atoms with E-state index in [-0.39, 0.29) is 18.1 Å². The summed E-state index contributed by atoms with van der Waals surface area (Å²) in [6.45, 7) is 6.83. The summed E-state index contributed by atoms with van der Waals surface area (Å²) in [6.07, 6.45) is 4.45. The predicted molar refractivity (Wildman–Crippen MR) is 90.5 cm³/mol. The van der Waals surface area contributed by atoms with Gasteiger partial charge in [-0.2, -0.15) is 0 Å². The summed E-state index contributed by atoms with van der Waals surface area (Å²) in [6, 6.07) is 4.56. The number of likely N-dealkylation sites (N-methyl/N-ethyl adjacent to an activating group) is 1. The highest BCUT2D eigenvalue weighted by molar-refractivity contribution is 5.92. The van der Waals surface area contributed by atoms with Crippen LogP contribution in [0.1, 0.15) is 37.2 Å². The van der Waals surface area contributed by atoms with Crippen molar-refractivity contribution in [1.82, 2.24) is 14.4 Å². The number of hydrogen-bond donors (Lipinski definition) is 0. The van der Waals surface area contributed by atoms with Crippen LogP contribution in [-0.4, -0.2) is 65.2 Å². The van der Waals surface area contributed by atoms with E-state index in [0.717, 1.165) is 38.2 Å². The molecule has 1 aromatic heterocycles. The van der Waals surface area contributed by atoms with Crippen molar-refractivity contribution in [3.63, 3.8) is 0 Å². The van der Waals surface area contributed by atoms with Crippen molar-refractivity contribution in [3.05, 3.63) is 24.0 Å². The van der Waals surface area contributed by atoms with Crippen LogP contribution in [0, 0.1) is 5.92 Å². The summed E-state index contributed by atoms with van der Waals surface area (Å²) in [5.41, 5.74) is 0.770. The van der Waals surface area contributed by atoms with Crippen LogP contribution in [0.4, 0.5) is 0 Å². The highest BCUT2D eigenvalue weighted by atomic mass is 16.5. The maximum atomic E-state index is 12.9. The summed E-state index contributed by atoms with van der Waals surface area (Å²) >= 11 is 0. The first kappa shape index (κ1) is 16.5. The van der Waals surface area contributed by atoms with E-state index in [1.54, 1.807) is 0 Å². The van der Waals surface area contributed by atoms with E-state index < -0.39 is 0 Å². The Balaban J connectivity index is 1.82. The topological polar surface area (TPSA) is 37.7 Å². The minimum absolute atomic E-state index is 0.142. The Labute approximate surface area is 139 Å². The fraction of sp³-hybridized carbons (Fsp3) is 0.722. The van der Waals surface area contributed by atoms with Crippen LogP contribution < -0.4 is 0 Å². The number of likely N-dealkylation sites (tertiary alicyclic amines) is 1. The zero-order valence-electron chi connectivity index (χ0n) is 14.7. The fourth-order valence-corrected chi connectivity index (χ4v) is 3.93. The van der Waals surface area contributed by atoms with Crippen LogP contribution in [0.5, 0.6) is 0 Å². The number of nitrogens with zero attached hydrogens (tertiary/aromatic N) is 3. The minimum atomic E-state index is 0.142. The molecule has 5 nitrogen and oxygen atoms in total. The number of ether oxygens (including phenoxy) is 1. The van der Waals surface area contributed by atoms with Gasteiger partial charge in [0.05, 0.1) is 12.1 Å². The van der Waals surface area contributed by atoms with Crippen LogP contribution in [0.15, 0.2) is 18.3 Å². The minimum Gasteiger partial charge on any atom is -0.376 e. The molecule has 0 aliphatic carbocycles. The van der Waals surface area contributed by atoms with Crippen molar-refractivity contribution in [1.29, 1.82) is 0 Å². The molecular weight excluding hydrogens is 290 g/mol. The Kier molecular flexibility index (Phi) is 4.78. The van der Waals surface area contributed by atoms with E-state index in [1.807, 2.05) is 34.8 Å². The zero-order chi connectivity index (χ0) is 16.6. The van der Waals surface area contributed by atoms with E-state index in [1.165, 1.54) is 0 Å². The standard InChI is InChI=1S/C18H29N3O2/c1-13(2)20(4)16-12-21(11-14-7-6-10-23-17(14)16)18(22)15-8-5-9-19(15)3/h5,8-9,13-14,16-17H,6-7,10-12H2,1-4H3/t14-,16+,17-/m0/s1. The van der Waals surface area contributed by atoms with E-state index in [9.17, 15) is 4.79 Å². The number of rotatable bonds is 3. The monoisotopic (exact) mass is 319 g/mol. The zero-order valence-corrected chi connectivity index (χ0v) is 14.7. The SMILES string of the molecule is CC(C)N(C)[C@@H]1CN(C(=O)c2cccn2C)C[C@@H]2CCCO[C@@H]21. The Morgan fingerprint density at radius 2 is 2.17 bits per heavy atom. The third kappa shape index (κ3) is 3.17. The van der Waals surface area contributed by atoms with Crippen LogP contribution in [-0.2, 0) is 11.8 Å². The van der Waals surface area contributed by atoms with Gasteiger partial charge in [-0.05, 0) is 45.9 Å². The lowest BCUT2D eigenvalue weighted by Crippen LogP contribution is -2.62. The maximum absolute atomic E-state index is 12.9. The molecular formula is C18H29N3O2. The molecule has 0 bridgehead atoms. The van der Waals surface area contributed by atoms with E-state index in [0.29, 0.717) is 12.0 Å². The Morgan fingerprint density at radius 1 is 1.39 bits per heavy atom. The molecule has 0 aromatic carbocycles. The third-order valence-corrected chi connectivity index (χ3v) is 5.52. The van der Waals surface area contributed by atoms with E-state index >= 15 is 0 Å². The number of aryl methyl sites for hydroxylation is 1. The van der Waals surface area contributed by atoms with Gasteiger partial charge in [-0.3, -0.25) is 9.69 Å². The van der Waals surface area contributed by atoms with Crippen molar-refractivity contribution >= 4 is 5.91 Å². The van der Waals surface area contributed by atoms with Crippen LogP contribution >= 0.6 is 0 Å². The summed E-state index contributed by atoms with van der Waals surface area (Å²) in [5.74, 6) is 0.594. The highest BCUT2D eigenvalue weighted by Gasteiger charge is 2.43. The molecule has 0 saturated carbocycles. The van der Waals surface area contributed by atoms with Crippen molar-refractivity contribution < 1.29 is 9.53 Å². The second-order valence-electron chi connectivity index (χ2n) is 7.28. The molecule has 0 unspecified atom stereocenters. The highest BCUT2D eigenvalue weighted by Crippen LogP contribution is 2.32.